The van der Waals surface area contributed by atoms with Crippen molar-refractivity contribution < 1.29 is 17.9 Å². The molecule has 2 fully saturated rings. The van der Waals surface area contributed by atoms with E-state index in [1.54, 1.807) is 34.9 Å². The number of rotatable bonds is 7. The smallest absolute Gasteiger partial charge is 0.250 e. The van der Waals surface area contributed by atoms with Gasteiger partial charge in [0, 0.05) is 37.9 Å². The minimum Gasteiger partial charge on any atom is -0.381 e. The van der Waals surface area contributed by atoms with Gasteiger partial charge < -0.3 is 10.1 Å². The number of anilines is 1. The Labute approximate surface area is 193 Å². The van der Waals surface area contributed by atoms with E-state index in [0.29, 0.717) is 65.6 Å². The Morgan fingerprint density at radius 1 is 1.21 bits per heavy atom. The van der Waals surface area contributed by atoms with E-state index in [1.807, 2.05) is 19.1 Å². The number of amides is 1. The SMILES string of the molecule is Cc1ccc2c(cnn2[C@H](CC2CCOCC2)C(=O)Nc2ccn(C)n2)c1S(=O)(=O)C1CC1. The number of carbonyl (C=O) groups is 1. The number of nitrogens with zero attached hydrogens (tertiary/aromatic N) is 4. The third-order valence-electron chi connectivity index (χ3n) is 6.64. The summed E-state index contributed by atoms with van der Waals surface area (Å²) in [6.45, 7) is 3.18. The van der Waals surface area contributed by atoms with E-state index >= 15 is 0 Å². The highest BCUT2D eigenvalue weighted by molar-refractivity contribution is 7.92. The lowest BCUT2D eigenvalue weighted by Crippen LogP contribution is -2.30. The maximum atomic E-state index is 13.4. The van der Waals surface area contributed by atoms with Gasteiger partial charge >= 0.3 is 0 Å². The summed E-state index contributed by atoms with van der Waals surface area (Å²) in [5, 5.41) is 12.0. The number of sulfone groups is 1. The van der Waals surface area contributed by atoms with Crippen molar-refractivity contribution in [3.8, 4) is 0 Å². The number of benzene rings is 1. The molecule has 2 aliphatic rings. The standard InChI is InChI=1S/C23H29N5O4S/c1-15-3-6-19-18(22(15)33(30,31)17-4-5-17)14-24-28(19)20(13-16-8-11-32-12-9-16)23(29)25-21-7-10-27(2)26-21/h3,6-7,10,14,16-17,20H,4-5,8-9,11-13H2,1-2H3,(H,25,26,29)/t20-/m1/s1. The Morgan fingerprint density at radius 3 is 2.64 bits per heavy atom. The third kappa shape index (κ3) is 4.29. The van der Waals surface area contributed by atoms with Gasteiger partial charge in [-0.25, -0.2) is 8.42 Å². The van der Waals surface area contributed by atoms with Crippen molar-refractivity contribution in [3.05, 3.63) is 36.2 Å². The summed E-state index contributed by atoms with van der Waals surface area (Å²) in [7, 11) is -1.62. The van der Waals surface area contributed by atoms with Gasteiger partial charge in [-0.3, -0.25) is 14.2 Å². The number of carbonyl (C=O) groups excluding carboxylic acids is 1. The normalized spacial score (nSPS) is 18.5. The second-order valence-electron chi connectivity index (χ2n) is 9.15. The van der Waals surface area contributed by atoms with Gasteiger partial charge in [0.1, 0.15) is 6.04 Å². The Kier molecular flexibility index (Phi) is 5.74. The monoisotopic (exact) mass is 471 g/mol. The van der Waals surface area contributed by atoms with Crippen molar-refractivity contribution in [3.63, 3.8) is 0 Å². The first-order valence-corrected chi connectivity index (χ1v) is 13.0. The van der Waals surface area contributed by atoms with Crippen molar-refractivity contribution in [2.75, 3.05) is 18.5 Å². The predicted octanol–water partition coefficient (Wildman–Crippen LogP) is 3.01. The molecule has 1 saturated carbocycles. The third-order valence-corrected chi connectivity index (χ3v) is 9.10. The van der Waals surface area contributed by atoms with Crippen LogP contribution in [-0.2, 0) is 26.4 Å². The summed E-state index contributed by atoms with van der Waals surface area (Å²) < 4.78 is 35.1. The molecule has 0 spiro atoms. The molecule has 10 heteroatoms. The largest absolute Gasteiger partial charge is 0.381 e. The number of fused-ring (bicyclic) bond motifs is 1. The molecule has 1 aliphatic carbocycles. The average molecular weight is 472 g/mol. The molecule has 1 atom stereocenters. The van der Waals surface area contributed by atoms with Gasteiger partial charge in [0.05, 0.1) is 21.9 Å². The fraction of sp³-hybridized carbons (Fsp3) is 0.522. The summed E-state index contributed by atoms with van der Waals surface area (Å²) in [6, 6.07) is 4.84. The zero-order valence-corrected chi connectivity index (χ0v) is 19.7. The topological polar surface area (TPSA) is 108 Å². The van der Waals surface area contributed by atoms with Crippen LogP contribution in [0.4, 0.5) is 5.82 Å². The van der Waals surface area contributed by atoms with Crippen LogP contribution in [0.1, 0.15) is 43.7 Å². The number of aryl methyl sites for hydroxylation is 2. The van der Waals surface area contributed by atoms with E-state index in [1.165, 1.54) is 0 Å². The number of hydrogen-bond acceptors (Lipinski definition) is 6. The number of nitrogens with one attached hydrogen (secondary N) is 1. The van der Waals surface area contributed by atoms with Crippen molar-refractivity contribution in [1.29, 1.82) is 0 Å². The number of aromatic nitrogens is 4. The van der Waals surface area contributed by atoms with Gasteiger partial charge in [-0.1, -0.05) is 6.07 Å². The molecule has 1 saturated heterocycles. The molecule has 1 amide bonds. The molecule has 0 unspecified atom stereocenters. The van der Waals surface area contributed by atoms with Crippen molar-refractivity contribution in [2.45, 2.75) is 55.2 Å². The molecular formula is C23H29N5O4S. The molecule has 33 heavy (non-hydrogen) atoms. The fourth-order valence-corrected chi connectivity index (χ4v) is 6.75. The lowest BCUT2D eigenvalue weighted by atomic mass is 9.92. The van der Waals surface area contributed by atoms with Crippen LogP contribution in [0.3, 0.4) is 0 Å². The van der Waals surface area contributed by atoms with Gasteiger partial charge in [0.2, 0.25) is 5.91 Å². The van der Waals surface area contributed by atoms with Crippen LogP contribution < -0.4 is 5.32 Å². The van der Waals surface area contributed by atoms with Crippen LogP contribution in [0.5, 0.6) is 0 Å². The summed E-state index contributed by atoms with van der Waals surface area (Å²) in [6.07, 6.45) is 7.13. The first kappa shape index (κ1) is 22.1. The Morgan fingerprint density at radius 2 is 1.97 bits per heavy atom. The molecule has 9 nitrogen and oxygen atoms in total. The van der Waals surface area contributed by atoms with E-state index < -0.39 is 15.9 Å². The second-order valence-corrected chi connectivity index (χ2v) is 11.3. The molecule has 3 heterocycles. The minimum atomic E-state index is -3.41. The lowest BCUT2D eigenvalue weighted by Gasteiger charge is -2.26. The van der Waals surface area contributed by atoms with Crippen LogP contribution >= 0.6 is 0 Å². The molecule has 0 bridgehead atoms. The van der Waals surface area contributed by atoms with Crippen molar-refractivity contribution in [1.82, 2.24) is 19.6 Å². The van der Waals surface area contributed by atoms with Gasteiger partial charge in [-0.05, 0) is 56.6 Å². The van der Waals surface area contributed by atoms with Crippen LogP contribution in [0, 0.1) is 12.8 Å². The molecule has 176 valence electrons. The fourth-order valence-electron chi connectivity index (χ4n) is 4.68. The van der Waals surface area contributed by atoms with Crippen LogP contribution in [-0.4, -0.2) is 52.3 Å². The van der Waals surface area contributed by atoms with Crippen LogP contribution in [0.25, 0.3) is 10.9 Å². The Balaban J connectivity index is 1.55. The Bertz CT molecular complexity index is 1290. The Hall–Kier alpha value is -2.72. The molecule has 0 radical (unpaired) electrons. The van der Waals surface area contributed by atoms with E-state index in [4.69, 9.17) is 4.74 Å². The van der Waals surface area contributed by atoms with Crippen molar-refractivity contribution in [2.24, 2.45) is 13.0 Å². The van der Waals surface area contributed by atoms with Gasteiger partial charge in [0.25, 0.3) is 0 Å². The minimum absolute atomic E-state index is 0.211. The molecule has 5 rings (SSSR count). The first-order chi connectivity index (χ1) is 15.8. The molecule has 3 aromatic rings. The molecule has 1 N–H and O–H groups in total. The predicted molar refractivity (Wildman–Crippen MR) is 124 cm³/mol. The summed E-state index contributed by atoms with van der Waals surface area (Å²) in [4.78, 5) is 13.8. The zero-order chi connectivity index (χ0) is 23.2. The van der Waals surface area contributed by atoms with Crippen LogP contribution in [0.15, 0.2) is 35.5 Å². The average Bonchev–Trinajstić information content (AvgIpc) is 3.47. The molecule has 1 aliphatic heterocycles. The van der Waals surface area contributed by atoms with E-state index in [9.17, 15) is 13.2 Å². The summed E-state index contributed by atoms with van der Waals surface area (Å²) >= 11 is 0. The summed E-state index contributed by atoms with van der Waals surface area (Å²) in [5.74, 6) is 0.582. The van der Waals surface area contributed by atoms with E-state index in [2.05, 4.69) is 15.5 Å². The van der Waals surface area contributed by atoms with Gasteiger partial charge in [0.15, 0.2) is 15.7 Å². The zero-order valence-electron chi connectivity index (χ0n) is 18.9. The van der Waals surface area contributed by atoms with Gasteiger partial charge in [-0.15, -0.1) is 0 Å². The van der Waals surface area contributed by atoms with Crippen molar-refractivity contribution >= 4 is 32.5 Å². The highest BCUT2D eigenvalue weighted by atomic mass is 32.2. The quantitative estimate of drug-likeness (QED) is 0.568. The highest BCUT2D eigenvalue weighted by Crippen LogP contribution is 2.39. The van der Waals surface area contributed by atoms with E-state index in [0.717, 1.165) is 12.8 Å². The number of ether oxygens (including phenoxy) is 1. The molecule has 1 aromatic carbocycles. The van der Waals surface area contributed by atoms with E-state index in [-0.39, 0.29) is 11.2 Å². The number of hydrogen-bond donors (Lipinski definition) is 1. The highest BCUT2D eigenvalue weighted by Gasteiger charge is 2.39. The molecular weight excluding hydrogens is 442 g/mol. The van der Waals surface area contributed by atoms with Crippen LogP contribution in [0.2, 0.25) is 0 Å². The lowest BCUT2D eigenvalue weighted by molar-refractivity contribution is -0.120. The van der Waals surface area contributed by atoms with Gasteiger partial charge in [-0.2, -0.15) is 10.2 Å². The maximum Gasteiger partial charge on any atom is 0.250 e. The summed E-state index contributed by atoms with van der Waals surface area (Å²) in [5.41, 5.74) is 1.38. The second kappa shape index (κ2) is 8.57. The maximum absolute atomic E-state index is 13.4. The molecule has 2 aromatic heterocycles. The first-order valence-electron chi connectivity index (χ1n) is 11.4.